The molecule has 1 aliphatic rings. The van der Waals surface area contributed by atoms with Crippen LogP contribution in [0, 0.1) is 25.2 Å². The second-order valence-electron chi connectivity index (χ2n) is 5.76. The third-order valence-corrected chi connectivity index (χ3v) is 4.63. The van der Waals surface area contributed by atoms with Crippen LogP contribution in [0.3, 0.4) is 0 Å². The molecule has 2 aromatic carbocycles. The van der Waals surface area contributed by atoms with Crippen LogP contribution in [0.15, 0.2) is 52.4 Å². The molecule has 0 saturated carbocycles. The molecule has 1 fully saturated rings. The molecule has 1 heterocycles. The summed E-state index contributed by atoms with van der Waals surface area (Å²) in [4.78, 5) is 17.3. The summed E-state index contributed by atoms with van der Waals surface area (Å²) in [5.41, 5.74) is 3.80. The molecule has 1 saturated heterocycles. The first-order valence-electron chi connectivity index (χ1n) is 8.02. The number of benzene rings is 2. The fourth-order valence-electron chi connectivity index (χ4n) is 2.50. The number of hydrogen-bond donors (Lipinski definition) is 1. The van der Waals surface area contributed by atoms with Crippen LogP contribution in [0.25, 0.3) is 6.08 Å². The van der Waals surface area contributed by atoms with Crippen molar-refractivity contribution < 1.29 is 9.53 Å². The van der Waals surface area contributed by atoms with Crippen LogP contribution in [0.4, 0.5) is 5.69 Å². The lowest BCUT2D eigenvalue weighted by Crippen LogP contribution is -2.19. The molecule has 2 aromatic rings. The summed E-state index contributed by atoms with van der Waals surface area (Å²) in [6, 6.07) is 15.2. The summed E-state index contributed by atoms with van der Waals surface area (Å²) in [5.74, 6) is 0.364. The van der Waals surface area contributed by atoms with Crippen LogP contribution in [-0.2, 0) is 4.79 Å². The Labute approximate surface area is 156 Å². The van der Waals surface area contributed by atoms with Gasteiger partial charge in [0.05, 0.1) is 10.6 Å². The predicted molar refractivity (Wildman–Crippen MR) is 104 cm³/mol. The van der Waals surface area contributed by atoms with E-state index in [4.69, 9.17) is 10.00 Å². The molecule has 3 rings (SSSR count). The molecule has 1 amide bonds. The first-order valence-corrected chi connectivity index (χ1v) is 8.84. The lowest BCUT2D eigenvalue weighted by Gasteiger charge is -2.05. The van der Waals surface area contributed by atoms with Gasteiger partial charge >= 0.3 is 0 Å². The molecule has 1 N–H and O–H groups in total. The minimum atomic E-state index is -0.200. The molecular weight excluding hydrogens is 346 g/mol. The van der Waals surface area contributed by atoms with Gasteiger partial charge in [0.15, 0.2) is 11.8 Å². The molecule has 0 unspecified atom stereocenters. The second-order valence-corrected chi connectivity index (χ2v) is 6.79. The highest BCUT2D eigenvalue weighted by Crippen LogP contribution is 2.31. The highest BCUT2D eigenvalue weighted by Gasteiger charge is 2.24. The van der Waals surface area contributed by atoms with Gasteiger partial charge in [0.2, 0.25) is 0 Å². The molecule has 0 aliphatic carbocycles. The van der Waals surface area contributed by atoms with Gasteiger partial charge in [-0.25, -0.2) is 4.99 Å². The lowest BCUT2D eigenvalue weighted by atomic mass is 10.1. The van der Waals surface area contributed by atoms with Crippen molar-refractivity contribution in [3.8, 4) is 11.8 Å². The zero-order valence-corrected chi connectivity index (χ0v) is 15.3. The van der Waals surface area contributed by atoms with Gasteiger partial charge in [0.1, 0.15) is 11.8 Å². The summed E-state index contributed by atoms with van der Waals surface area (Å²) in [6.07, 6.45) is 1.75. The molecule has 130 valence electrons. The number of amidine groups is 1. The Morgan fingerprint density at radius 1 is 1.27 bits per heavy atom. The van der Waals surface area contributed by atoms with E-state index >= 15 is 0 Å². The predicted octanol–water partition coefficient (Wildman–Crippen LogP) is 4.10. The van der Waals surface area contributed by atoms with E-state index in [0.29, 0.717) is 15.8 Å². The first kappa shape index (κ1) is 17.8. The van der Waals surface area contributed by atoms with Crippen molar-refractivity contribution in [2.24, 2.45) is 4.99 Å². The number of carbonyl (C=O) groups excluding carboxylic acids is 1. The average Bonchev–Trinajstić information content (AvgIpc) is 2.96. The van der Waals surface area contributed by atoms with E-state index in [0.717, 1.165) is 16.8 Å². The number of carbonyl (C=O) groups is 1. The van der Waals surface area contributed by atoms with Gasteiger partial charge in [-0.3, -0.25) is 4.79 Å². The molecule has 1 aliphatic heterocycles. The SMILES string of the molecule is Cc1ccc(N=C2NC(=O)/C(=C\c3ccccc3OCC#N)S2)c(C)c1. The monoisotopic (exact) mass is 363 g/mol. The molecular formula is C20H17N3O2S. The van der Waals surface area contributed by atoms with E-state index in [2.05, 4.69) is 16.4 Å². The van der Waals surface area contributed by atoms with Gasteiger partial charge in [-0.15, -0.1) is 0 Å². The molecule has 5 nitrogen and oxygen atoms in total. The van der Waals surface area contributed by atoms with Gasteiger partial charge < -0.3 is 10.1 Å². The summed E-state index contributed by atoms with van der Waals surface area (Å²) in [7, 11) is 0. The molecule has 0 spiro atoms. The number of rotatable bonds is 4. The highest BCUT2D eigenvalue weighted by molar-refractivity contribution is 8.18. The maximum Gasteiger partial charge on any atom is 0.264 e. The van der Waals surface area contributed by atoms with E-state index in [1.807, 2.05) is 50.2 Å². The second kappa shape index (κ2) is 7.89. The fraction of sp³-hybridized carbons (Fsp3) is 0.150. The van der Waals surface area contributed by atoms with E-state index in [-0.39, 0.29) is 12.5 Å². The van der Waals surface area contributed by atoms with Crippen LogP contribution in [0.5, 0.6) is 5.75 Å². The Bertz CT molecular complexity index is 958. The van der Waals surface area contributed by atoms with E-state index in [1.165, 1.54) is 17.3 Å². The lowest BCUT2D eigenvalue weighted by molar-refractivity contribution is -0.115. The van der Waals surface area contributed by atoms with Crippen molar-refractivity contribution in [2.45, 2.75) is 13.8 Å². The summed E-state index contributed by atoms with van der Waals surface area (Å²) < 4.78 is 5.40. The topological polar surface area (TPSA) is 74.5 Å². The quantitative estimate of drug-likeness (QED) is 0.830. The first-order chi connectivity index (χ1) is 12.6. The van der Waals surface area contributed by atoms with Gasteiger partial charge in [-0.05, 0) is 49.4 Å². The third-order valence-electron chi connectivity index (χ3n) is 3.72. The maximum absolute atomic E-state index is 12.3. The molecule has 0 aromatic heterocycles. The Kier molecular flexibility index (Phi) is 5.40. The number of thioether (sulfide) groups is 1. The van der Waals surface area contributed by atoms with Crippen molar-refractivity contribution in [3.05, 3.63) is 64.1 Å². The van der Waals surface area contributed by atoms with Gasteiger partial charge in [-0.1, -0.05) is 35.9 Å². The molecule has 0 bridgehead atoms. The van der Waals surface area contributed by atoms with Crippen LogP contribution in [-0.4, -0.2) is 17.7 Å². The minimum absolute atomic E-state index is 0.0427. The van der Waals surface area contributed by atoms with Crippen LogP contribution in [0.2, 0.25) is 0 Å². The largest absolute Gasteiger partial charge is 0.478 e. The summed E-state index contributed by atoms with van der Waals surface area (Å²) in [5, 5.41) is 12.0. The van der Waals surface area contributed by atoms with Crippen LogP contribution in [0.1, 0.15) is 16.7 Å². The molecule has 6 heteroatoms. The number of nitrogens with zero attached hydrogens (tertiary/aromatic N) is 2. The van der Waals surface area contributed by atoms with Crippen molar-refractivity contribution in [2.75, 3.05) is 6.61 Å². The number of aryl methyl sites for hydroxylation is 2. The van der Waals surface area contributed by atoms with Crippen LogP contribution < -0.4 is 10.1 Å². The molecule has 0 radical (unpaired) electrons. The van der Waals surface area contributed by atoms with E-state index < -0.39 is 0 Å². The Balaban J connectivity index is 1.85. The van der Waals surface area contributed by atoms with E-state index in [9.17, 15) is 4.79 Å². The van der Waals surface area contributed by atoms with Crippen LogP contribution >= 0.6 is 11.8 Å². The summed E-state index contributed by atoms with van der Waals surface area (Å²) in [6.45, 7) is 3.98. The number of nitriles is 1. The number of para-hydroxylation sites is 1. The van der Waals surface area contributed by atoms with E-state index in [1.54, 1.807) is 12.1 Å². The van der Waals surface area contributed by atoms with Crippen molar-refractivity contribution >= 4 is 34.6 Å². The highest BCUT2D eigenvalue weighted by atomic mass is 32.2. The zero-order valence-electron chi connectivity index (χ0n) is 14.4. The van der Waals surface area contributed by atoms with Gasteiger partial charge in [0, 0.05) is 5.56 Å². The number of aliphatic imine (C=N–C) groups is 1. The number of nitrogens with one attached hydrogen (secondary N) is 1. The van der Waals surface area contributed by atoms with Crippen molar-refractivity contribution in [3.63, 3.8) is 0 Å². The standard InChI is InChI=1S/C20H17N3O2S/c1-13-7-8-16(14(2)11-13)22-20-23-19(24)18(26-20)12-15-5-3-4-6-17(15)25-10-9-21/h3-8,11-12H,10H2,1-2H3,(H,22,23,24)/b18-12+. The Hall–Kier alpha value is -3.04. The number of amides is 1. The van der Waals surface area contributed by atoms with Crippen molar-refractivity contribution in [1.29, 1.82) is 5.26 Å². The third kappa shape index (κ3) is 4.13. The zero-order chi connectivity index (χ0) is 18.5. The fourth-order valence-corrected chi connectivity index (χ4v) is 3.33. The summed E-state index contributed by atoms with van der Waals surface area (Å²) >= 11 is 1.28. The average molecular weight is 363 g/mol. The Morgan fingerprint density at radius 3 is 2.85 bits per heavy atom. The van der Waals surface area contributed by atoms with Gasteiger partial charge in [0.25, 0.3) is 5.91 Å². The Morgan fingerprint density at radius 2 is 2.08 bits per heavy atom. The maximum atomic E-state index is 12.3. The normalized spacial score (nSPS) is 16.6. The number of hydrogen-bond acceptors (Lipinski definition) is 5. The smallest absolute Gasteiger partial charge is 0.264 e. The number of ether oxygens (including phenoxy) is 1. The molecule has 26 heavy (non-hydrogen) atoms. The van der Waals surface area contributed by atoms with Crippen molar-refractivity contribution in [1.82, 2.24) is 5.32 Å². The molecule has 0 atom stereocenters. The van der Waals surface area contributed by atoms with Gasteiger partial charge in [-0.2, -0.15) is 5.26 Å². The minimum Gasteiger partial charge on any atom is -0.478 e.